The molecule has 0 aromatic carbocycles. The zero-order chi connectivity index (χ0) is 11.5. The summed E-state index contributed by atoms with van der Waals surface area (Å²) >= 11 is 0. The first-order valence-corrected chi connectivity index (χ1v) is 7.80. The van der Waals surface area contributed by atoms with Crippen LogP contribution in [-0.2, 0) is 0 Å². The maximum absolute atomic E-state index is 3.72. The molecule has 17 heavy (non-hydrogen) atoms. The quantitative estimate of drug-likeness (QED) is 0.561. The van der Waals surface area contributed by atoms with E-state index in [1.54, 1.807) is 12.0 Å². The van der Waals surface area contributed by atoms with E-state index < -0.39 is 0 Å². The molecule has 0 aromatic heterocycles. The maximum atomic E-state index is 3.72. The van der Waals surface area contributed by atoms with Gasteiger partial charge in [-0.25, -0.2) is 0 Å². The Morgan fingerprint density at radius 2 is 2.18 bits per heavy atom. The molecule has 96 valence electrons. The van der Waals surface area contributed by atoms with E-state index in [-0.39, 0.29) is 0 Å². The third-order valence-corrected chi connectivity index (χ3v) is 5.30. The lowest BCUT2D eigenvalue weighted by molar-refractivity contribution is 0.319. The second-order valence-electron chi connectivity index (χ2n) is 6.50. The summed E-state index contributed by atoms with van der Waals surface area (Å²) in [6.45, 7) is 2.52. The van der Waals surface area contributed by atoms with E-state index in [0.29, 0.717) is 0 Å². The number of hydrogen-bond acceptors (Lipinski definition) is 1. The summed E-state index contributed by atoms with van der Waals surface area (Å²) in [4.78, 5) is 0. The molecule has 0 aliphatic heterocycles. The van der Waals surface area contributed by atoms with Crippen LogP contribution in [0.15, 0.2) is 11.6 Å². The van der Waals surface area contributed by atoms with Crippen LogP contribution < -0.4 is 5.32 Å². The van der Waals surface area contributed by atoms with Crippen LogP contribution in [0, 0.1) is 17.8 Å². The number of allylic oxidation sites excluding steroid dienone is 1. The van der Waals surface area contributed by atoms with Crippen molar-refractivity contribution in [1.29, 1.82) is 0 Å². The Balaban J connectivity index is 1.31. The van der Waals surface area contributed by atoms with Gasteiger partial charge in [0.1, 0.15) is 0 Å². The number of fused-ring (bicyclic) bond motifs is 2. The Labute approximate surface area is 106 Å². The van der Waals surface area contributed by atoms with Gasteiger partial charge in [0.25, 0.3) is 0 Å². The lowest BCUT2D eigenvalue weighted by atomic mass is 9.89. The second kappa shape index (κ2) is 5.56. The summed E-state index contributed by atoms with van der Waals surface area (Å²) in [6.07, 6.45) is 15.5. The van der Waals surface area contributed by atoms with Crippen molar-refractivity contribution in [2.24, 2.45) is 17.8 Å². The topological polar surface area (TPSA) is 12.0 Å². The summed E-state index contributed by atoms with van der Waals surface area (Å²) in [5.41, 5.74) is 1.72. The van der Waals surface area contributed by atoms with E-state index in [4.69, 9.17) is 0 Å². The van der Waals surface area contributed by atoms with E-state index in [1.165, 1.54) is 64.5 Å². The fourth-order valence-corrected chi connectivity index (χ4v) is 4.29. The van der Waals surface area contributed by atoms with E-state index in [9.17, 15) is 0 Å². The Hall–Kier alpha value is -0.300. The van der Waals surface area contributed by atoms with E-state index in [2.05, 4.69) is 11.4 Å². The van der Waals surface area contributed by atoms with Crippen LogP contribution in [-0.4, -0.2) is 13.1 Å². The molecule has 0 heterocycles. The van der Waals surface area contributed by atoms with Crippen LogP contribution in [0.5, 0.6) is 0 Å². The van der Waals surface area contributed by atoms with Crippen molar-refractivity contribution in [3.8, 4) is 0 Å². The van der Waals surface area contributed by atoms with Gasteiger partial charge in [0.15, 0.2) is 0 Å². The van der Waals surface area contributed by atoms with Gasteiger partial charge < -0.3 is 5.32 Å². The van der Waals surface area contributed by atoms with Crippen molar-refractivity contribution in [2.45, 2.75) is 57.8 Å². The molecule has 3 aliphatic rings. The van der Waals surface area contributed by atoms with Crippen LogP contribution in [0.1, 0.15) is 57.8 Å². The van der Waals surface area contributed by atoms with E-state index >= 15 is 0 Å². The van der Waals surface area contributed by atoms with Crippen molar-refractivity contribution in [3.05, 3.63) is 11.6 Å². The molecular weight excluding hydrogens is 206 g/mol. The molecule has 0 radical (unpaired) electrons. The zero-order valence-electron chi connectivity index (χ0n) is 11.1. The number of hydrogen-bond donors (Lipinski definition) is 1. The molecule has 3 aliphatic carbocycles. The number of rotatable bonds is 5. The van der Waals surface area contributed by atoms with Crippen LogP contribution in [0.25, 0.3) is 0 Å². The van der Waals surface area contributed by atoms with Crippen molar-refractivity contribution >= 4 is 0 Å². The molecule has 0 aromatic rings. The summed E-state index contributed by atoms with van der Waals surface area (Å²) in [7, 11) is 0. The van der Waals surface area contributed by atoms with Gasteiger partial charge in [-0.1, -0.05) is 18.1 Å². The fraction of sp³-hybridized carbons (Fsp3) is 0.875. The van der Waals surface area contributed by atoms with Gasteiger partial charge in [0, 0.05) is 0 Å². The van der Waals surface area contributed by atoms with Gasteiger partial charge in [-0.15, -0.1) is 0 Å². The van der Waals surface area contributed by atoms with Crippen LogP contribution in [0.2, 0.25) is 0 Å². The van der Waals surface area contributed by atoms with Gasteiger partial charge in [-0.3, -0.25) is 0 Å². The Bertz CT molecular complexity index is 281. The maximum Gasteiger partial charge on any atom is -0.00115 e. The first-order valence-electron chi connectivity index (χ1n) is 7.80. The molecular formula is C16H27N. The predicted octanol–water partition coefficient (Wildman–Crippen LogP) is 3.90. The Kier molecular flexibility index (Phi) is 3.85. The predicted molar refractivity (Wildman–Crippen MR) is 73.0 cm³/mol. The molecule has 2 saturated carbocycles. The van der Waals surface area contributed by atoms with Crippen LogP contribution in [0.4, 0.5) is 0 Å². The monoisotopic (exact) mass is 233 g/mol. The highest BCUT2D eigenvalue weighted by Crippen LogP contribution is 2.47. The lowest BCUT2D eigenvalue weighted by Gasteiger charge is -2.22. The summed E-state index contributed by atoms with van der Waals surface area (Å²) < 4.78 is 0. The molecule has 1 heteroatoms. The average Bonchev–Trinajstić information content (AvgIpc) is 2.98. The molecule has 2 bridgehead atoms. The molecule has 1 N–H and O–H groups in total. The van der Waals surface area contributed by atoms with Gasteiger partial charge in [0.05, 0.1) is 0 Å². The molecule has 3 atom stereocenters. The highest BCUT2D eigenvalue weighted by Gasteiger charge is 2.38. The first kappa shape index (κ1) is 11.8. The van der Waals surface area contributed by atoms with Gasteiger partial charge >= 0.3 is 0 Å². The molecule has 0 saturated heterocycles. The van der Waals surface area contributed by atoms with Gasteiger partial charge in [-0.05, 0) is 82.2 Å². The highest BCUT2D eigenvalue weighted by molar-refractivity contribution is 5.05. The van der Waals surface area contributed by atoms with Crippen molar-refractivity contribution in [2.75, 3.05) is 13.1 Å². The SMILES string of the molecule is C1=C(CCNCC2CC3CCC2C3)CCCC1. The number of nitrogens with one attached hydrogen (secondary N) is 1. The van der Waals surface area contributed by atoms with Gasteiger partial charge in [-0.2, -0.15) is 0 Å². The minimum atomic E-state index is 1.02. The van der Waals surface area contributed by atoms with Crippen molar-refractivity contribution in [1.82, 2.24) is 5.32 Å². The standard InChI is InChI=1S/C16H27N/c1-2-4-13(5-3-1)8-9-17-12-16-11-14-6-7-15(16)10-14/h4,14-17H,1-3,5-12H2. The molecule has 2 fully saturated rings. The second-order valence-corrected chi connectivity index (χ2v) is 6.50. The molecule has 3 unspecified atom stereocenters. The summed E-state index contributed by atoms with van der Waals surface area (Å²) in [5.74, 6) is 3.21. The molecule has 1 nitrogen and oxygen atoms in total. The smallest absolute Gasteiger partial charge is 0.00115 e. The van der Waals surface area contributed by atoms with E-state index in [0.717, 1.165) is 17.8 Å². The van der Waals surface area contributed by atoms with Crippen LogP contribution in [0.3, 0.4) is 0 Å². The summed E-state index contributed by atoms with van der Waals surface area (Å²) in [6, 6.07) is 0. The highest BCUT2D eigenvalue weighted by atomic mass is 14.9. The largest absolute Gasteiger partial charge is 0.316 e. The summed E-state index contributed by atoms with van der Waals surface area (Å²) in [5, 5.41) is 3.72. The van der Waals surface area contributed by atoms with Gasteiger partial charge in [0.2, 0.25) is 0 Å². The zero-order valence-corrected chi connectivity index (χ0v) is 11.1. The van der Waals surface area contributed by atoms with E-state index in [1.807, 2.05) is 0 Å². The third kappa shape index (κ3) is 2.93. The van der Waals surface area contributed by atoms with Crippen LogP contribution >= 0.6 is 0 Å². The average molecular weight is 233 g/mol. The molecule has 0 spiro atoms. The normalized spacial score (nSPS) is 36.2. The lowest BCUT2D eigenvalue weighted by Crippen LogP contribution is -2.27. The fourth-order valence-electron chi connectivity index (χ4n) is 4.29. The molecule has 0 amide bonds. The first-order chi connectivity index (χ1) is 8.42. The van der Waals surface area contributed by atoms with Crippen molar-refractivity contribution < 1.29 is 0 Å². The Morgan fingerprint density at radius 3 is 2.88 bits per heavy atom. The third-order valence-electron chi connectivity index (χ3n) is 5.30. The minimum absolute atomic E-state index is 1.02. The minimum Gasteiger partial charge on any atom is -0.316 e. The molecule has 3 rings (SSSR count). The van der Waals surface area contributed by atoms with Crippen molar-refractivity contribution in [3.63, 3.8) is 0 Å². The Morgan fingerprint density at radius 1 is 1.18 bits per heavy atom.